The number of benzene rings is 2. The van der Waals surface area contributed by atoms with Gasteiger partial charge in [0.1, 0.15) is 5.75 Å². The summed E-state index contributed by atoms with van der Waals surface area (Å²) in [6, 6.07) is 12.4. The van der Waals surface area contributed by atoms with Crippen LogP contribution in [0.1, 0.15) is 103 Å². The maximum Gasteiger partial charge on any atom is 0.311 e. The van der Waals surface area contributed by atoms with Gasteiger partial charge in [0.2, 0.25) is 0 Å². The molecule has 0 aromatic heterocycles. The van der Waals surface area contributed by atoms with E-state index < -0.39 is 0 Å². The summed E-state index contributed by atoms with van der Waals surface area (Å²) in [6.07, 6.45) is 23.7. The van der Waals surface area contributed by atoms with Crippen molar-refractivity contribution >= 4 is 16.7 Å². The fourth-order valence-corrected chi connectivity index (χ4v) is 4.75. The number of fused-ring (bicyclic) bond motifs is 1. The van der Waals surface area contributed by atoms with Crippen LogP contribution in [0.25, 0.3) is 10.8 Å². The normalized spacial score (nSPS) is 11.9. The number of nitrogens with zero attached hydrogens (tertiary/aromatic N) is 1. The molecule has 2 aromatic carbocycles. The highest BCUT2D eigenvalue weighted by Crippen LogP contribution is 2.30. The molecule has 0 atom stereocenters. The van der Waals surface area contributed by atoms with Gasteiger partial charge in [-0.05, 0) is 75.1 Å². The van der Waals surface area contributed by atoms with Crippen molar-refractivity contribution < 1.29 is 9.53 Å². The molecule has 0 saturated heterocycles. The number of carbonyl (C=O) groups excluding carboxylic acids is 1. The van der Waals surface area contributed by atoms with Crippen LogP contribution in [0, 0.1) is 0 Å². The molecule has 204 valence electrons. The van der Waals surface area contributed by atoms with E-state index in [4.69, 9.17) is 4.74 Å². The standard InChI is InChI=1S/C34H51NO2/c1-4-7-8-9-10-11-12-13-14-15-16-17-18-19-20-27-33(36)37-32-26-22-25-30-23-21-24-31(34(30)32)28-29-35(5-2)6-3/h10-11,13-14,21-26H,4-9,12,15-20,27-29H2,1-3H3/b11-10-,14-13-. The molecule has 0 radical (unpaired) electrons. The summed E-state index contributed by atoms with van der Waals surface area (Å²) < 4.78 is 5.88. The van der Waals surface area contributed by atoms with Gasteiger partial charge in [0, 0.05) is 18.4 Å². The van der Waals surface area contributed by atoms with E-state index in [0.29, 0.717) is 12.2 Å². The first-order valence-electron chi connectivity index (χ1n) is 14.9. The van der Waals surface area contributed by atoms with Crippen LogP contribution in [-0.4, -0.2) is 30.5 Å². The second-order valence-electron chi connectivity index (χ2n) is 10.0. The summed E-state index contributed by atoms with van der Waals surface area (Å²) in [4.78, 5) is 15.0. The summed E-state index contributed by atoms with van der Waals surface area (Å²) in [5.41, 5.74) is 1.25. The van der Waals surface area contributed by atoms with E-state index in [1.807, 2.05) is 12.1 Å². The van der Waals surface area contributed by atoms with Crippen molar-refractivity contribution in [2.75, 3.05) is 19.6 Å². The monoisotopic (exact) mass is 505 g/mol. The van der Waals surface area contributed by atoms with Gasteiger partial charge in [-0.3, -0.25) is 4.79 Å². The van der Waals surface area contributed by atoms with E-state index in [-0.39, 0.29) is 5.97 Å². The predicted molar refractivity (Wildman–Crippen MR) is 160 cm³/mol. The lowest BCUT2D eigenvalue weighted by Gasteiger charge is -2.19. The van der Waals surface area contributed by atoms with Crippen LogP contribution in [-0.2, 0) is 11.2 Å². The van der Waals surface area contributed by atoms with Gasteiger partial charge in [-0.25, -0.2) is 0 Å². The maximum atomic E-state index is 12.6. The largest absolute Gasteiger partial charge is 0.426 e. The molecule has 0 fully saturated rings. The Bertz CT molecular complexity index is 937. The number of carbonyl (C=O) groups is 1. The number of rotatable bonds is 20. The van der Waals surface area contributed by atoms with Gasteiger partial charge in [-0.15, -0.1) is 0 Å². The number of unbranched alkanes of at least 4 members (excludes halogenated alkanes) is 8. The summed E-state index contributed by atoms with van der Waals surface area (Å²) in [6.45, 7) is 9.77. The lowest BCUT2D eigenvalue weighted by atomic mass is 10.0. The molecule has 0 aliphatic carbocycles. The molecule has 0 amide bonds. The van der Waals surface area contributed by atoms with E-state index >= 15 is 0 Å². The topological polar surface area (TPSA) is 29.5 Å². The highest BCUT2D eigenvalue weighted by molar-refractivity contribution is 5.93. The molecule has 0 heterocycles. The van der Waals surface area contributed by atoms with E-state index in [1.165, 1.54) is 50.5 Å². The van der Waals surface area contributed by atoms with Crippen LogP contribution in [0.2, 0.25) is 0 Å². The number of hydrogen-bond donors (Lipinski definition) is 0. The zero-order chi connectivity index (χ0) is 26.6. The lowest BCUT2D eigenvalue weighted by molar-refractivity contribution is -0.134. The molecular formula is C34H51NO2. The Kier molecular flexibility index (Phi) is 16.4. The van der Waals surface area contributed by atoms with Crippen LogP contribution >= 0.6 is 0 Å². The average Bonchev–Trinajstić information content (AvgIpc) is 2.91. The molecule has 0 aliphatic rings. The summed E-state index contributed by atoms with van der Waals surface area (Å²) in [5, 5.41) is 2.23. The second kappa shape index (κ2) is 19.7. The molecule has 3 heteroatoms. The molecule has 2 rings (SSSR count). The Labute approximate surface area is 227 Å². The fraction of sp³-hybridized carbons (Fsp3) is 0.559. The molecular weight excluding hydrogens is 454 g/mol. The van der Waals surface area contributed by atoms with Crippen molar-refractivity contribution in [2.45, 2.75) is 104 Å². The second-order valence-corrected chi connectivity index (χ2v) is 10.0. The molecule has 2 aromatic rings. The molecule has 0 aliphatic heterocycles. The van der Waals surface area contributed by atoms with Crippen molar-refractivity contribution in [2.24, 2.45) is 0 Å². The molecule has 0 unspecified atom stereocenters. The number of ether oxygens (including phenoxy) is 1. The average molecular weight is 506 g/mol. The Balaban J connectivity index is 1.67. The summed E-state index contributed by atoms with van der Waals surface area (Å²) >= 11 is 0. The van der Waals surface area contributed by atoms with E-state index in [9.17, 15) is 4.79 Å². The predicted octanol–water partition coefficient (Wildman–Crippen LogP) is 9.44. The van der Waals surface area contributed by atoms with Gasteiger partial charge < -0.3 is 9.64 Å². The zero-order valence-corrected chi connectivity index (χ0v) is 23.9. The Morgan fingerprint density at radius 2 is 1.43 bits per heavy atom. The first kappa shape index (κ1) is 30.8. The summed E-state index contributed by atoms with van der Waals surface area (Å²) in [5.74, 6) is 0.594. The van der Waals surface area contributed by atoms with Crippen molar-refractivity contribution in [1.29, 1.82) is 0 Å². The number of hydrogen-bond acceptors (Lipinski definition) is 3. The highest BCUT2D eigenvalue weighted by Gasteiger charge is 2.12. The van der Waals surface area contributed by atoms with E-state index in [0.717, 1.165) is 62.5 Å². The van der Waals surface area contributed by atoms with Crippen molar-refractivity contribution in [3.63, 3.8) is 0 Å². The number of esters is 1. The molecule has 0 spiro atoms. The molecule has 0 saturated carbocycles. The fourth-order valence-electron chi connectivity index (χ4n) is 4.75. The van der Waals surface area contributed by atoms with Crippen molar-refractivity contribution in [3.05, 3.63) is 66.3 Å². The van der Waals surface area contributed by atoms with Crippen LogP contribution in [0.4, 0.5) is 0 Å². The van der Waals surface area contributed by atoms with Gasteiger partial charge >= 0.3 is 5.97 Å². The van der Waals surface area contributed by atoms with E-state index in [2.05, 4.69) is 74.2 Å². The Hall–Kier alpha value is -2.39. The Morgan fingerprint density at radius 1 is 0.784 bits per heavy atom. The Morgan fingerprint density at radius 3 is 2.14 bits per heavy atom. The van der Waals surface area contributed by atoms with Crippen LogP contribution in [0.5, 0.6) is 5.75 Å². The van der Waals surface area contributed by atoms with Crippen molar-refractivity contribution in [3.8, 4) is 5.75 Å². The minimum atomic E-state index is -0.114. The molecule has 3 nitrogen and oxygen atoms in total. The summed E-state index contributed by atoms with van der Waals surface area (Å²) in [7, 11) is 0. The lowest BCUT2D eigenvalue weighted by Crippen LogP contribution is -2.25. The van der Waals surface area contributed by atoms with Gasteiger partial charge in [0.25, 0.3) is 0 Å². The minimum absolute atomic E-state index is 0.114. The quantitative estimate of drug-likeness (QED) is 0.0776. The van der Waals surface area contributed by atoms with Crippen LogP contribution < -0.4 is 4.74 Å². The minimum Gasteiger partial charge on any atom is -0.426 e. The zero-order valence-electron chi connectivity index (χ0n) is 23.9. The van der Waals surface area contributed by atoms with Crippen molar-refractivity contribution in [1.82, 2.24) is 4.90 Å². The number of likely N-dealkylation sites (N-methyl/N-ethyl adjacent to an activating group) is 1. The molecule has 0 N–H and O–H groups in total. The first-order valence-corrected chi connectivity index (χ1v) is 14.9. The molecule has 37 heavy (non-hydrogen) atoms. The van der Waals surface area contributed by atoms with Gasteiger partial charge in [0.05, 0.1) is 0 Å². The maximum absolute atomic E-state index is 12.6. The van der Waals surface area contributed by atoms with Gasteiger partial charge in [0.15, 0.2) is 0 Å². The first-order chi connectivity index (χ1) is 18.2. The van der Waals surface area contributed by atoms with Crippen LogP contribution in [0.3, 0.4) is 0 Å². The smallest absolute Gasteiger partial charge is 0.311 e. The molecule has 0 bridgehead atoms. The SMILES string of the molecule is CCCCC/C=C\C/C=C\CCCCCCCC(=O)Oc1cccc2cccc(CCN(CC)CC)c12. The van der Waals surface area contributed by atoms with Crippen LogP contribution in [0.15, 0.2) is 60.7 Å². The number of allylic oxidation sites excluding steroid dienone is 4. The third kappa shape index (κ3) is 12.6. The van der Waals surface area contributed by atoms with E-state index in [1.54, 1.807) is 0 Å². The van der Waals surface area contributed by atoms with Gasteiger partial charge in [-0.2, -0.15) is 0 Å². The highest BCUT2D eigenvalue weighted by atomic mass is 16.5. The van der Waals surface area contributed by atoms with Gasteiger partial charge in [-0.1, -0.05) is 108 Å². The third-order valence-corrected chi connectivity index (χ3v) is 7.10. The third-order valence-electron chi connectivity index (χ3n) is 7.10.